The Morgan fingerprint density at radius 1 is 1.40 bits per heavy atom. The Kier molecular flexibility index (Phi) is 2.90. The molecule has 1 aromatic rings. The number of nitrogens with one attached hydrogen (secondary N) is 1. The SMILES string of the molecule is Cc1cccc(CNC2=NCCO2)c1C. The van der Waals surface area contributed by atoms with E-state index in [9.17, 15) is 0 Å². The van der Waals surface area contributed by atoms with E-state index in [0.717, 1.165) is 13.1 Å². The molecule has 0 spiro atoms. The minimum Gasteiger partial charge on any atom is -0.463 e. The highest BCUT2D eigenvalue weighted by Gasteiger charge is 2.07. The number of aryl methyl sites for hydroxylation is 1. The monoisotopic (exact) mass is 204 g/mol. The lowest BCUT2D eigenvalue weighted by Crippen LogP contribution is -2.23. The van der Waals surface area contributed by atoms with Crippen LogP contribution >= 0.6 is 0 Å². The first kappa shape index (κ1) is 10.0. The minimum atomic E-state index is 0.677. The molecule has 15 heavy (non-hydrogen) atoms. The standard InChI is InChI=1S/C12H16N2O/c1-9-4-3-5-11(10(9)2)8-14-12-13-6-7-15-12/h3-5H,6-8H2,1-2H3,(H,13,14). The third kappa shape index (κ3) is 2.29. The number of hydrogen-bond acceptors (Lipinski definition) is 3. The van der Waals surface area contributed by atoms with Gasteiger partial charge in [0.1, 0.15) is 6.61 Å². The summed E-state index contributed by atoms with van der Waals surface area (Å²) < 4.78 is 5.28. The van der Waals surface area contributed by atoms with Crippen LogP contribution in [0.15, 0.2) is 23.2 Å². The number of amidine groups is 1. The maximum atomic E-state index is 5.28. The molecule has 0 radical (unpaired) electrons. The van der Waals surface area contributed by atoms with E-state index in [1.165, 1.54) is 16.7 Å². The third-order valence-electron chi connectivity index (χ3n) is 2.73. The van der Waals surface area contributed by atoms with Crippen molar-refractivity contribution in [3.8, 4) is 0 Å². The summed E-state index contributed by atoms with van der Waals surface area (Å²) in [4.78, 5) is 4.19. The predicted octanol–water partition coefficient (Wildman–Crippen LogP) is 1.78. The molecule has 1 aromatic carbocycles. The van der Waals surface area contributed by atoms with E-state index < -0.39 is 0 Å². The van der Waals surface area contributed by atoms with Crippen LogP contribution in [0.25, 0.3) is 0 Å². The van der Waals surface area contributed by atoms with E-state index in [1.807, 2.05) is 0 Å². The Bertz CT molecular complexity index is 385. The molecule has 0 aliphatic carbocycles. The van der Waals surface area contributed by atoms with Gasteiger partial charge in [0.15, 0.2) is 0 Å². The van der Waals surface area contributed by atoms with Gasteiger partial charge in [0.05, 0.1) is 6.54 Å². The van der Waals surface area contributed by atoms with Crippen LogP contribution in [-0.4, -0.2) is 19.2 Å². The van der Waals surface area contributed by atoms with E-state index in [0.29, 0.717) is 12.6 Å². The van der Waals surface area contributed by atoms with Crippen molar-refractivity contribution in [3.63, 3.8) is 0 Å². The van der Waals surface area contributed by atoms with Crippen LogP contribution in [0.2, 0.25) is 0 Å². The number of ether oxygens (including phenoxy) is 1. The third-order valence-corrected chi connectivity index (χ3v) is 2.73. The molecule has 0 bridgehead atoms. The Balaban J connectivity index is 2.01. The van der Waals surface area contributed by atoms with E-state index >= 15 is 0 Å². The first-order chi connectivity index (χ1) is 7.27. The van der Waals surface area contributed by atoms with Crippen molar-refractivity contribution in [2.45, 2.75) is 20.4 Å². The molecule has 1 aliphatic rings. The van der Waals surface area contributed by atoms with E-state index in [2.05, 4.69) is 42.4 Å². The second-order valence-electron chi connectivity index (χ2n) is 3.75. The summed E-state index contributed by atoms with van der Waals surface area (Å²) in [6.45, 7) is 6.53. The molecular formula is C12H16N2O. The van der Waals surface area contributed by atoms with Gasteiger partial charge in [-0.15, -0.1) is 0 Å². The second-order valence-corrected chi connectivity index (χ2v) is 3.75. The largest absolute Gasteiger partial charge is 0.463 e. The fraction of sp³-hybridized carbons (Fsp3) is 0.417. The molecule has 0 saturated carbocycles. The van der Waals surface area contributed by atoms with E-state index in [1.54, 1.807) is 0 Å². The van der Waals surface area contributed by atoms with Crippen molar-refractivity contribution >= 4 is 6.02 Å². The van der Waals surface area contributed by atoms with Crippen LogP contribution in [0.5, 0.6) is 0 Å². The van der Waals surface area contributed by atoms with Gasteiger partial charge in [0, 0.05) is 6.54 Å². The Morgan fingerprint density at radius 3 is 3.00 bits per heavy atom. The van der Waals surface area contributed by atoms with Gasteiger partial charge in [-0.05, 0) is 30.5 Å². The fourth-order valence-corrected chi connectivity index (χ4v) is 1.62. The lowest BCUT2D eigenvalue weighted by molar-refractivity contribution is 0.331. The highest BCUT2D eigenvalue weighted by atomic mass is 16.5. The maximum absolute atomic E-state index is 5.28. The van der Waals surface area contributed by atoms with E-state index in [-0.39, 0.29) is 0 Å². The Morgan fingerprint density at radius 2 is 2.27 bits per heavy atom. The molecule has 1 heterocycles. The first-order valence-electron chi connectivity index (χ1n) is 5.23. The van der Waals surface area contributed by atoms with Crippen LogP contribution in [-0.2, 0) is 11.3 Å². The van der Waals surface area contributed by atoms with Crippen LogP contribution < -0.4 is 5.32 Å². The van der Waals surface area contributed by atoms with Crippen molar-refractivity contribution in [1.82, 2.24) is 5.32 Å². The summed E-state index contributed by atoms with van der Waals surface area (Å²) in [6.07, 6.45) is 0. The second kappa shape index (κ2) is 4.34. The molecule has 80 valence electrons. The summed E-state index contributed by atoms with van der Waals surface area (Å²) in [6, 6.07) is 7.01. The molecule has 3 heteroatoms. The molecule has 1 aliphatic heterocycles. The lowest BCUT2D eigenvalue weighted by atomic mass is 10.0. The quantitative estimate of drug-likeness (QED) is 0.796. The summed E-state index contributed by atoms with van der Waals surface area (Å²) in [5.74, 6) is 0. The van der Waals surface area contributed by atoms with Gasteiger partial charge in [-0.25, -0.2) is 4.99 Å². The van der Waals surface area contributed by atoms with Crippen molar-refractivity contribution in [1.29, 1.82) is 0 Å². The Hall–Kier alpha value is -1.51. The van der Waals surface area contributed by atoms with E-state index in [4.69, 9.17) is 4.74 Å². The average Bonchev–Trinajstić information content (AvgIpc) is 2.73. The summed E-state index contributed by atoms with van der Waals surface area (Å²) in [5.41, 5.74) is 3.96. The molecule has 0 amide bonds. The van der Waals surface area contributed by atoms with Gasteiger partial charge in [0.2, 0.25) is 0 Å². The topological polar surface area (TPSA) is 33.6 Å². The summed E-state index contributed by atoms with van der Waals surface area (Å²) in [7, 11) is 0. The van der Waals surface area contributed by atoms with Crippen molar-refractivity contribution < 1.29 is 4.74 Å². The van der Waals surface area contributed by atoms with Crippen molar-refractivity contribution in [2.75, 3.05) is 13.2 Å². The number of rotatable bonds is 2. The number of nitrogens with zero attached hydrogens (tertiary/aromatic N) is 1. The summed E-state index contributed by atoms with van der Waals surface area (Å²) in [5, 5.41) is 3.19. The summed E-state index contributed by atoms with van der Waals surface area (Å²) >= 11 is 0. The Labute approximate surface area is 90.2 Å². The van der Waals surface area contributed by atoms with Gasteiger partial charge in [-0.2, -0.15) is 0 Å². The fourth-order valence-electron chi connectivity index (χ4n) is 1.62. The molecule has 1 N–H and O–H groups in total. The molecule has 0 unspecified atom stereocenters. The highest BCUT2D eigenvalue weighted by molar-refractivity contribution is 5.74. The molecular weight excluding hydrogens is 188 g/mol. The lowest BCUT2D eigenvalue weighted by Gasteiger charge is -2.10. The van der Waals surface area contributed by atoms with Crippen LogP contribution in [0.3, 0.4) is 0 Å². The van der Waals surface area contributed by atoms with Gasteiger partial charge < -0.3 is 10.1 Å². The number of benzene rings is 1. The maximum Gasteiger partial charge on any atom is 0.285 e. The van der Waals surface area contributed by atoms with Crippen molar-refractivity contribution in [2.24, 2.45) is 4.99 Å². The zero-order chi connectivity index (χ0) is 10.7. The van der Waals surface area contributed by atoms with Crippen LogP contribution in [0, 0.1) is 13.8 Å². The molecule has 2 rings (SSSR count). The first-order valence-corrected chi connectivity index (χ1v) is 5.23. The predicted molar refractivity (Wildman–Crippen MR) is 61.0 cm³/mol. The van der Waals surface area contributed by atoms with Crippen LogP contribution in [0.1, 0.15) is 16.7 Å². The zero-order valence-electron chi connectivity index (χ0n) is 9.21. The molecule has 0 fully saturated rings. The van der Waals surface area contributed by atoms with Gasteiger partial charge >= 0.3 is 0 Å². The van der Waals surface area contributed by atoms with Gasteiger partial charge in [0.25, 0.3) is 6.02 Å². The van der Waals surface area contributed by atoms with Crippen LogP contribution in [0.4, 0.5) is 0 Å². The molecule has 0 atom stereocenters. The average molecular weight is 204 g/mol. The highest BCUT2D eigenvalue weighted by Crippen LogP contribution is 2.12. The minimum absolute atomic E-state index is 0.677. The van der Waals surface area contributed by atoms with Gasteiger partial charge in [-0.1, -0.05) is 18.2 Å². The molecule has 0 aromatic heterocycles. The zero-order valence-corrected chi connectivity index (χ0v) is 9.21. The normalized spacial score (nSPS) is 14.7. The molecule has 3 nitrogen and oxygen atoms in total. The number of aliphatic imine (C=N–C) groups is 1. The van der Waals surface area contributed by atoms with Gasteiger partial charge in [-0.3, -0.25) is 0 Å². The van der Waals surface area contributed by atoms with Crippen molar-refractivity contribution in [3.05, 3.63) is 34.9 Å². The number of hydrogen-bond donors (Lipinski definition) is 1. The smallest absolute Gasteiger partial charge is 0.285 e. The molecule has 0 saturated heterocycles.